The van der Waals surface area contributed by atoms with Crippen LogP contribution in [0, 0.1) is 0 Å². The van der Waals surface area contributed by atoms with E-state index in [1.807, 2.05) is 0 Å². The van der Waals surface area contributed by atoms with E-state index in [0.29, 0.717) is 11.4 Å². The molecule has 3 nitrogen and oxygen atoms in total. The van der Waals surface area contributed by atoms with Crippen molar-refractivity contribution >= 4 is 0 Å². The predicted octanol–water partition coefficient (Wildman–Crippen LogP) is 0.554. The summed E-state index contributed by atoms with van der Waals surface area (Å²) in [7, 11) is 0. The first-order chi connectivity index (χ1) is 4.50. The molecule has 2 N–H and O–H groups in total. The SMILES string of the molecule is NN1CC(C(F)(F)F)=CO1. The highest BCUT2D eigenvalue weighted by Crippen LogP contribution is 2.28. The smallest absolute Gasteiger partial charge is 0.398 e. The Kier molecular flexibility index (Phi) is 1.57. The number of hydroxylamine groups is 1. The minimum atomic E-state index is -4.33. The van der Waals surface area contributed by atoms with E-state index in [1.54, 1.807) is 0 Å². The Morgan fingerprint density at radius 3 is 2.40 bits per heavy atom. The Hall–Kier alpha value is -0.750. The second-order valence-electron chi connectivity index (χ2n) is 1.82. The van der Waals surface area contributed by atoms with Gasteiger partial charge in [-0.05, 0) is 0 Å². The summed E-state index contributed by atoms with van der Waals surface area (Å²) in [5, 5.41) is 0.614. The number of halogens is 3. The second kappa shape index (κ2) is 2.14. The maximum absolute atomic E-state index is 11.7. The molecule has 0 amide bonds. The van der Waals surface area contributed by atoms with Gasteiger partial charge in [0.05, 0.1) is 12.1 Å². The largest absolute Gasteiger partial charge is 0.417 e. The molecular formula is C4H5F3N2O. The van der Waals surface area contributed by atoms with Gasteiger partial charge in [-0.3, -0.25) is 0 Å². The number of alkyl halides is 3. The second-order valence-corrected chi connectivity index (χ2v) is 1.82. The molecule has 1 aliphatic rings. The molecular weight excluding hydrogens is 149 g/mol. The minimum Gasteiger partial charge on any atom is -0.398 e. The maximum atomic E-state index is 11.7. The van der Waals surface area contributed by atoms with Gasteiger partial charge in [0.25, 0.3) is 0 Å². The lowest BCUT2D eigenvalue weighted by molar-refractivity contribution is -0.101. The van der Waals surface area contributed by atoms with Crippen LogP contribution in [-0.2, 0) is 4.84 Å². The molecule has 0 unspecified atom stereocenters. The Morgan fingerprint density at radius 2 is 2.20 bits per heavy atom. The van der Waals surface area contributed by atoms with Gasteiger partial charge in [0, 0.05) is 0 Å². The van der Waals surface area contributed by atoms with Crippen molar-refractivity contribution in [3.63, 3.8) is 0 Å². The first-order valence-electron chi connectivity index (χ1n) is 2.45. The van der Waals surface area contributed by atoms with Gasteiger partial charge >= 0.3 is 6.18 Å². The normalized spacial score (nSPS) is 20.6. The Bertz CT molecular complexity index is 164. The van der Waals surface area contributed by atoms with Crippen LogP contribution in [0.25, 0.3) is 0 Å². The molecule has 1 heterocycles. The van der Waals surface area contributed by atoms with Crippen LogP contribution >= 0.6 is 0 Å². The fourth-order valence-corrected chi connectivity index (χ4v) is 0.530. The molecule has 0 aromatic heterocycles. The number of hydrogen-bond donors (Lipinski definition) is 1. The third kappa shape index (κ3) is 1.39. The molecule has 1 aliphatic heterocycles. The van der Waals surface area contributed by atoms with Gasteiger partial charge in [-0.2, -0.15) is 13.2 Å². The lowest BCUT2D eigenvalue weighted by atomic mass is 10.3. The van der Waals surface area contributed by atoms with Crippen LogP contribution in [0.4, 0.5) is 13.2 Å². The summed E-state index contributed by atoms with van der Waals surface area (Å²) in [5.74, 6) is 4.88. The predicted molar refractivity (Wildman–Crippen MR) is 26.1 cm³/mol. The monoisotopic (exact) mass is 154 g/mol. The lowest BCUT2D eigenvalue weighted by Crippen LogP contribution is -2.29. The molecule has 6 heteroatoms. The summed E-state index contributed by atoms with van der Waals surface area (Å²) >= 11 is 0. The fraction of sp³-hybridized carbons (Fsp3) is 0.500. The van der Waals surface area contributed by atoms with Crippen LogP contribution in [0.1, 0.15) is 0 Å². The zero-order valence-corrected chi connectivity index (χ0v) is 4.85. The van der Waals surface area contributed by atoms with Gasteiger partial charge in [0.15, 0.2) is 0 Å². The van der Waals surface area contributed by atoms with Gasteiger partial charge in [0.2, 0.25) is 0 Å². The number of nitrogens with two attached hydrogens (primary N) is 1. The van der Waals surface area contributed by atoms with E-state index in [0.717, 1.165) is 0 Å². The van der Waals surface area contributed by atoms with Gasteiger partial charge < -0.3 is 4.84 Å². The molecule has 0 spiro atoms. The van der Waals surface area contributed by atoms with Crippen LogP contribution in [0.2, 0.25) is 0 Å². The van der Waals surface area contributed by atoms with E-state index in [1.165, 1.54) is 0 Å². The first kappa shape index (κ1) is 7.36. The van der Waals surface area contributed by atoms with E-state index >= 15 is 0 Å². The van der Waals surface area contributed by atoms with Gasteiger partial charge in [-0.25, -0.2) is 5.84 Å². The number of rotatable bonds is 0. The van der Waals surface area contributed by atoms with Crippen molar-refractivity contribution in [2.24, 2.45) is 5.84 Å². The molecule has 0 bridgehead atoms. The van der Waals surface area contributed by atoms with Crippen molar-refractivity contribution in [1.82, 2.24) is 5.17 Å². The van der Waals surface area contributed by atoms with E-state index in [2.05, 4.69) is 4.84 Å². The summed E-state index contributed by atoms with van der Waals surface area (Å²) in [6.07, 6.45) is -3.73. The number of hydrazine groups is 1. The van der Waals surface area contributed by atoms with Crippen molar-refractivity contribution in [3.05, 3.63) is 11.8 Å². The standard InChI is InChI=1S/C4H5F3N2O/c5-4(6,7)3-1-9(8)10-2-3/h2H,1,8H2. The summed E-state index contributed by atoms with van der Waals surface area (Å²) in [6, 6.07) is 0. The van der Waals surface area contributed by atoms with E-state index in [9.17, 15) is 13.2 Å². The molecule has 1 rings (SSSR count). The molecule has 0 aliphatic carbocycles. The summed E-state index contributed by atoms with van der Waals surface area (Å²) in [5.41, 5.74) is -0.769. The highest BCUT2D eigenvalue weighted by molar-refractivity contribution is 5.09. The number of nitrogens with zero attached hydrogens (tertiary/aromatic N) is 1. The van der Waals surface area contributed by atoms with Crippen LogP contribution in [0.5, 0.6) is 0 Å². The van der Waals surface area contributed by atoms with Gasteiger partial charge in [-0.1, -0.05) is 5.17 Å². The summed E-state index contributed by atoms with van der Waals surface area (Å²) < 4.78 is 35.1. The molecule has 0 aromatic carbocycles. The van der Waals surface area contributed by atoms with Crippen LogP contribution in [0.3, 0.4) is 0 Å². The van der Waals surface area contributed by atoms with Crippen molar-refractivity contribution in [2.45, 2.75) is 6.18 Å². The zero-order valence-electron chi connectivity index (χ0n) is 4.85. The van der Waals surface area contributed by atoms with Gasteiger partial charge in [-0.15, -0.1) is 0 Å². The average Bonchev–Trinajstić information content (AvgIpc) is 2.11. The fourth-order valence-electron chi connectivity index (χ4n) is 0.530. The third-order valence-electron chi connectivity index (χ3n) is 1.02. The first-order valence-corrected chi connectivity index (χ1v) is 2.45. The highest BCUT2D eigenvalue weighted by atomic mass is 19.4. The van der Waals surface area contributed by atoms with Crippen molar-refractivity contribution < 1.29 is 18.0 Å². The topological polar surface area (TPSA) is 38.5 Å². The van der Waals surface area contributed by atoms with Crippen molar-refractivity contribution in [3.8, 4) is 0 Å². The molecule has 58 valence electrons. The Labute approximate surface area is 54.8 Å². The Balaban J connectivity index is 2.60. The quantitative estimate of drug-likeness (QED) is 0.518. The van der Waals surface area contributed by atoms with Gasteiger partial charge in [0.1, 0.15) is 6.26 Å². The molecule has 0 fully saturated rings. The Morgan fingerprint density at radius 1 is 1.60 bits per heavy atom. The molecule has 0 atom stereocenters. The van der Waals surface area contributed by atoms with E-state index in [-0.39, 0.29) is 0 Å². The number of hydrogen-bond acceptors (Lipinski definition) is 3. The highest BCUT2D eigenvalue weighted by Gasteiger charge is 2.37. The summed E-state index contributed by atoms with van der Waals surface area (Å²) in [6.45, 7) is -0.413. The maximum Gasteiger partial charge on any atom is 0.417 e. The molecule has 0 aromatic rings. The van der Waals surface area contributed by atoms with Crippen molar-refractivity contribution in [1.29, 1.82) is 0 Å². The summed E-state index contributed by atoms with van der Waals surface area (Å²) in [4.78, 5) is 4.22. The average molecular weight is 154 g/mol. The van der Waals surface area contributed by atoms with E-state index in [4.69, 9.17) is 5.84 Å². The minimum absolute atomic E-state index is 0.413. The molecule has 0 saturated carbocycles. The molecule has 0 radical (unpaired) electrons. The lowest BCUT2D eigenvalue weighted by Gasteiger charge is -2.06. The van der Waals surface area contributed by atoms with Crippen LogP contribution < -0.4 is 5.84 Å². The molecule has 10 heavy (non-hydrogen) atoms. The van der Waals surface area contributed by atoms with E-state index < -0.39 is 18.3 Å². The zero-order chi connectivity index (χ0) is 7.78. The van der Waals surface area contributed by atoms with Crippen molar-refractivity contribution in [2.75, 3.05) is 6.54 Å². The van der Waals surface area contributed by atoms with Crippen LogP contribution in [0.15, 0.2) is 11.8 Å². The third-order valence-corrected chi connectivity index (χ3v) is 1.02. The van der Waals surface area contributed by atoms with Crippen LogP contribution in [-0.4, -0.2) is 17.9 Å². The molecule has 0 saturated heterocycles.